The van der Waals surface area contributed by atoms with E-state index in [2.05, 4.69) is 10.2 Å². The van der Waals surface area contributed by atoms with Crippen LogP contribution in [0.25, 0.3) is 10.9 Å². The number of aromatic amines is 2. The van der Waals surface area contributed by atoms with E-state index in [9.17, 15) is 23.7 Å². The van der Waals surface area contributed by atoms with Crippen molar-refractivity contribution in [3.63, 3.8) is 0 Å². The number of nitrogens with zero attached hydrogens (tertiary/aromatic N) is 1. The molecule has 0 aliphatic carbocycles. The van der Waals surface area contributed by atoms with Gasteiger partial charge >= 0.3 is 0 Å². The molecule has 1 heterocycles. The van der Waals surface area contributed by atoms with E-state index in [0.717, 1.165) is 12.1 Å². The molecule has 0 bridgehead atoms. The number of benzene rings is 2. The lowest BCUT2D eigenvalue weighted by atomic mass is 10.0. The SMILES string of the molecule is O=c1[nH][nH]c2cc(Cc3ccc(F)c(F)c3)c([N+](=O)[O-])cc12. The van der Waals surface area contributed by atoms with Gasteiger partial charge in [0.15, 0.2) is 11.6 Å². The molecule has 0 fully saturated rings. The predicted molar refractivity (Wildman–Crippen MR) is 74.7 cm³/mol. The van der Waals surface area contributed by atoms with Crippen molar-refractivity contribution in [1.29, 1.82) is 0 Å². The van der Waals surface area contributed by atoms with E-state index in [1.54, 1.807) is 0 Å². The molecule has 1 aromatic heterocycles. The van der Waals surface area contributed by atoms with Gasteiger partial charge in [-0.15, -0.1) is 0 Å². The van der Waals surface area contributed by atoms with Crippen molar-refractivity contribution in [1.82, 2.24) is 10.2 Å². The van der Waals surface area contributed by atoms with Crippen LogP contribution < -0.4 is 5.56 Å². The summed E-state index contributed by atoms with van der Waals surface area (Å²) in [7, 11) is 0. The van der Waals surface area contributed by atoms with Crippen molar-refractivity contribution in [2.75, 3.05) is 0 Å². The van der Waals surface area contributed by atoms with Crippen LogP contribution in [0.2, 0.25) is 0 Å². The standard InChI is InChI=1S/C14H9F2N3O3/c15-10-2-1-7(4-11(10)16)3-8-5-12-9(14(20)18-17-12)6-13(8)19(21)22/h1-2,4-6H,3H2,(H2,17,18,20). The normalized spacial score (nSPS) is 11.0. The average Bonchev–Trinajstić information content (AvgIpc) is 2.83. The van der Waals surface area contributed by atoms with Crippen LogP contribution in [-0.2, 0) is 6.42 Å². The van der Waals surface area contributed by atoms with Crippen LogP contribution in [0.4, 0.5) is 14.5 Å². The summed E-state index contributed by atoms with van der Waals surface area (Å²) < 4.78 is 26.2. The fraction of sp³-hybridized carbons (Fsp3) is 0.0714. The highest BCUT2D eigenvalue weighted by molar-refractivity contribution is 5.82. The number of halogens is 2. The Morgan fingerprint density at radius 3 is 2.55 bits per heavy atom. The van der Waals surface area contributed by atoms with Crippen molar-refractivity contribution in [3.8, 4) is 0 Å². The first-order valence-electron chi connectivity index (χ1n) is 6.27. The fourth-order valence-electron chi connectivity index (χ4n) is 2.30. The van der Waals surface area contributed by atoms with Gasteiger partial charge in [0, 0.05) is 18.1 Å². The molecule has 3 aromatic rings. The van der Waals surface area contributed by atoms with Gasteiger partial charge in [0.25, 0.3) is 11.2 Å². The second-order valence-corrected chi connectivity index (χ2v) is 4.79. The molecule has 0 spiro atoms. The number of nitro benzene ring substituents is 1. The minimum absolute atomic E-state index is 0.0384. The number of nitrogens with one attached hydrogen (secondary N) is 2. The van der Waals surface area contributed by atoms with E-state index in [1.807, 2.05) is 0 Å². The van der Waals surface area contributed by atoms with Gasteiger partial charge in [0.2, 0.25) is 0 Å². The van der Waals surface area contributed by atoms with Gasteiger partial charge in [-0.05, 0) is 23.8 Å². The lowest BCUT2D eigenvalue weighted by molar-refractivity contribution is -0.385. The number of H-pyrrole nitrogens is 2. The van der Waals surface area contributed by atoms with Crippen LogP contribution >= 0.6 is 0 Å². The molecule has 0 amide bonds. The second-order valence-electron chi connectivity index (χ2n) is 4.79. The summed E-state index contributed by atoms with van der Waals surface area (Å²) in [4.78, 5) is 22.1. The monoisotopic (exact) mass is 305 g/mol. The second kappa shape index (κ2) is 5.06. The number of aromatic nitrogens is 2. The minimum Gasteiger partial charge on any atom is -0.298 e. The van der Waals surface area contributed by atoms with E-state index in [4.69, 9.17) is 0 Å². The predicted octanol–water partition coefficient (Wildman–Crippen LogP) is 2.63. The van der Waals surface area contributed by atoms with Gasteiger partial charge in [-0.3, -0.25) is 25.1 Å². The molecule has 112 valence electrons. The van der Waals surface area contributed by atoms with Crippen LogP contribution in [0, 0.1) is 21.7 Å². The molecule has 22 heavy (non-hydrogen) atoms. The molecule has 0 saturated heterocycles. The quantitative estimate of drug-likeness (QED) is 0.575. The Labute approximate surface area is 121 Å². The largest absolute Gasteiger partial charge is 0.298 e. The van der Waals surface area contributed by atoms with E-state index in [-0.39, 0.29) is 17.5 Å². The van der Waals surface area contributed by atoms with Crippen molar-refractivity contribution in [2.45, 2.75) is 6.42 Å². The maximum Gasteiger partial charge on any atom is 0.273 e. The van der Waals surface area contributed by atoms with Gasteiger partial charge in [0.1, 0.15) is 0 Å². The van der Waals surface area contributed by atoms with Crippen LogP contribution in [0.1, 0.15) is 11.1 Å². The first-order valence-corrected chi connectivity index (χ1v) is 6.27. The third-order valence-electron chi connectivity index (χ3n) is 3.35. The zero-order chi connectivity index (χ0) is 15.9. The molecule has 0 unspecified atom stereocenters. The summed E-state index contributed by atoms with van der Waals surface area (Å²) in [6.45, 7) is 0. The molecule has 2 aromatic carbocycles. The molecule has 2 N–H and O–H groups in total. The number of nitro groups is 1. The Morgan fingerprint density at radius 1 is 1.09 bits per heavy atom. The van der Waals surface area contributed by atoms with Crippen LogP contribution in [0.5, 0.6) is 0 Å². The Balaban J connectivity index is 2.12. The Hall–Kier alpha value is -3.03. The Kier molecular flexibility index (Phi) is 3.21. The molecule has 6 nitrogen and oxygen atoms in total. The summed E-state index contributed by atoms with van der Waals surface area (Å²) in [5.41, 5.74) is 0.381. The summed E-state index contributed by atoms with van der Waals surface area (Å²) >= 11 is 0. The molecule has 8 heteroatoms. The van der Waals surface area contributed by atoms with Gasteiger partial charge in [-0.2, -0.15) is 0 Å². The van der Waals surface area contributed by atoms with Crippen molar-refractivity contribution in [3.05, 3.63) is 73.6 Å². The number of hydrogen-bond acceptors (Lipinski definition) is 3. The molecular weight excluding hydrogens is 296 g/mol. The highest BCUT2D eigenvalue weighted by Crippen LogP contribution is 2.26. The summed E-state index contributed by atoms with van der Waals surface area (Å²) in [5.74, 6) is -2.00. The minimum atomic E-state index is -1.02. The van der Waals surface area contributed by atoms with Gasteiger partial charge in [-0.25, -0.2) is 8.78 Å². The summed E-state index contributed by atoms with van der Waals surface area (Å²) in [6, 6.07) is 5.93. The first-order chi connectivity index (χ1) is 10.5. The molecular formula is C14H9F2N3O3. The van der Waals surface area contributed by atoms with Crippen molar-refractivity contribution >= 4 is 16.6 Å². The molecule has 0 saturated carbocycles. The lowest BCUT2D eigenvalue weighted by Gasteiger charge is -2.04. The van der Waals surface area contributed by atoms with Crippen molar-refractivity contribution in [2.24, 2.45) is 0 Å². The van der Waals surface area contributed by atoms with Crippen LogP contribution in [0.15, 0.2) is 35.1 Å². The smallest absolute Gasteiger partial charge is 0.273 e. The number of hydrogen-bond donors (Lipinski definition) is 2. The van der Waals surface area contributed by atoms with Crippen molar-refractivity contribution < 1.29 is 13.7 Å². The van der Waals surface area contributed by atoms with Gasteiger partial charge < -0.3 is 0 Å². The van der Waals surface area contributed by atoms with Crippen LogP contribution in [0.3, 0.4) is 0 Å². The Bertz CT molecular complexity index is 946. The van der Waals surface area contributed by atoms with E-state index in [1.165, 1.54) is 18.2 Å². The Morgan fingerprint density at radius 2 is 1.86 bits per heavy atom. The van der Waals surface area contributed by atoms with Crippen LogP contribution in [-0.4, -0.2) is 15.1 Å². The fourth-order valence-corrected chi connectivity index (χ4v) is 2.30. The third-order valence-corrected chi connectivity index (χ3v) is 3.35. The first kappa shape index (κ1) is 13.9. The summed E-state index contributed by atoms with van der Waals surface area (Å²) in [5, 5.41) is 16.3. The maximum absolute atomic E-state index is 13.2. The highest BCUT2D eigenvalue weighted by atomic mass is 19.2. The zero-order valence-corrected chi connectivity index (χ0v) is 11.0. The highest BCUT2D eigenvalue weighted by Gasteiger charge is 2.18. The number of fused-ring (bicyclic) bond motifs is 1. The lowest BCUT2D eigenvalue weighted by Crippen LogP contribution is -2.01. The molecule has 3 rings (SSSR count). The zero-order valence-electron chi connectivity index (χ0n) is 11.0. The summed E-state index contributed by atoms with van der Waals surface area (Å²) in [6.07, 6.45) is 0.0384. The van der Waals surface area contributed by atoms with E-state index in [0.29, 0.717) is 16.6 Å². The van der Waals surface area contributed by atoms with Gasteiger partial charge in [0.05, 0.1) is 15.8 Å². The van der Waals surface area contributed by atoms with Gasteiger partial charge in [-0.1, -0.05) is 6.07 Å². The molecule has 0 aliphatic rings. The average molecular weight is 305 g/mol. The number of rotatable bonds is 3. The molecule has 0 aliphatic heterocycles. The van der Waals surface area contributed by atoms with E-state index >= 15 is 0 Å². The maximum atomic E-state index is 13.2. The topological polar surface area (TPSA) is 91.8 Å². The molecule has 0 atom stereocenters. The van der Waals surface area contributed by atoms with E-state index < -0.39 is 22.1 Å². The molecule has 0 radical (unpaired) electrons. The third kappa shape index (κ3) is 2.34.